The van der Waals surface area contributed by atoms with Gasteiger partial charge in [-0.15, -0.1) is 24.8 Å². The summed E-state index contributed by atoms with van der Waals surface area (Å²) in [6.45, 7) is 16.7. The first-order valence-electron chi connectivity index (χ1n) is 10.5. The minimum atomic E-state index is -0.886. The zero-order valence-electron chi connectivity index (χ0n) is 19.1. The Balaban J connectivity index is 0.00000136. The van der Waals surface area contributed by atoms with Gasteiger partial charge in [0.25, 0.3) is 0 Å². The van der Waals surface area contributed by atoms with Crippen molar-refractivity contribution >= 4 is 76.8 Å². The molecule has 0 saturated heterocycles. The third-order valence-corrected chi connectivity index (χ3v) is 13.6. The number of allylic oxidation sites excluding steroid dienone is 3. The predicted molar refractivity (Wildman–Crippen MR) is 145 cm³/mol. The van der Waals surface area contributed by atoms with Crippen LogP contribution in [-0.2, 0) is 24.7 Å². The number of thioether (sulfide) groups is 1. The Bertz CT molecular complexity index is 1280. The third-order valence-electron chi connectivity index (χ3n) is 6.84. The van der Waals surface area contributed by atoms with E-state index in [4.69, 9.17) is 0 Å². The Hall–Kier alpha value is 0.170. The van der Waals surface area contributed by atoms with Crippen molar-refractivity contribution in [3.05, 3.63) is 65.1 Å². The van der Waals surface area contributed by atoms with E-state index in [9.17, 15) is 0 Å². The maximum Gasteiger partial charge on any atom is -0.147 e. The molecule has 0 bridgehead atoms. The summed E-state index contributed by atoms with van der Waals surface area (Å²) in [5, 5.41) is 4.01. The summed E-state index contributed by atoms with van der Waals surface area (Å²) in [6.07, 6.45) is 2.47. The molecule has 31 heavy (non-hydrogen) atoms. The number of thiophene rings is 1. The maximum absolute atomic E-state index is 2.51. The molecular weight excluding hydrogens is 555 g/mol. The summed E-state index contributed by atoms with van der Waals surface area (Å²) < 4.78 is 3.33. The Morgan fingerprint density at radius 1 is 0.935 bits per heavy atom. The van der Waals surface area contributed by atoms with Crippen LogP contribution < -0.4 is 14.9 Å². The van der Waals surface area contributed by atoms with E-state index in [1.54, 1.807) is 69.4 Å². The molecule has 1 aromatic carbocycles. The zero-order chi connectivity index (χ0) is 20.8. The Labute approximate surface area is 223 Å². The van der Waals surface area contributed by atoms with Crippen molar-refractivity contribution < 1.29 is 24.7 Å². The molecule has 0 amide bonds. The average Bonchev–Trinajstić information content (AvgIpc) is 3.33. The summed E-state index contributed by atoms with van der Waals surface area (Å²) in [5.41, 5.74) is 10.8. The van der Waals surface area contributed by atoms with E-state index in [1.807, 2.05) is 0 Å². The fraction of sp³-hybridized carbons (Fsp3) is 0.360. The van der Waals surface area contributed by atoms with Crippen LogP contribution in [0, 0.1) is 20.8 Å². The van der Waals surface area contributed by atoms with Crippen LogP contribution in [-0.4, -0.2) is 14.0 Å². The molecule has 2 aromatic rings. The average molecular weight is 584 g/mol. The van der Waals surface area contributed by atoms with Crippen molar-refractivity contribution in [2.75, 3.05) is 0 Å². The molecule has 163 valence electrons. The van der Waals surface area contributed by atoms with Gasteiger partial charge in [-0.2, -0.15) is 0 Å². The van der Waals surface area contributed by atoms with Crippen LogP contribution in [0.1, 0.15) is 46.9 Å². The van der Waals surface area contributed by atoms with Crippen molar-refractivity contribution in [3.8, 4) is 0 Å². The van der Waals surface area contributed by atoms with Gasteiger partial charge in [-0.25, -0.2) is 0 Å². The van der Waals surface area contributed by atoms with Gasteiger partial charge in [-0.05, 0) is 0 Å². The van der Waals surface area contributed by atoms with Gasteiger partial charge in [0, 0.05) is 0 Å². The molecule has 0 radical (unpaired) electrons. The number of hydrogen-bond acceptors (Lipinski definition) is 2. The fourth-order valence-electron chi connectivity index (χ4n) is 5.63. The molecule has 2 atom stereocenters. The monoisotopic (exact) mass is 581 g/mol. The minimum Gasteiger partial charge on any atom is -0.147 e. The van der Waals surface area contributed by atoms with E-state index in [0.29, 0.717) is 11.2 Å². The van der Waals surface area contributed by atoms with Crippen LogP contribution >= 0.6 is 47.9 Å². The molecule has 0 saturated carbocycles. The molecule has 6 heteroatoms. The first kappa shape index (κ1) is 25.8. The number of aryl methyl sites for hydroxylation is 3. The summed E-state index contributed by atoms with van der Waals surface area (Å²) in [7, 11) is -0.886. The van der Waals surface area contributed by atoms with Gasteiger partial charge in [0.05, 0.1) is 0 Å². The van der Waals surface area contributed by atoms with E-state index in [-0.39, 0.29) is 24.8 Å². The van der Waals surface area contributed by atoms with Crippen molar-refractivity contribution in [1.29, 1.82) is 0 Å². The molecule has 2 aliphatic carbocycles. The van der Waals surface area contributed by atoms with E-state index in [2.05, 4.69) is 89.0 Å². The largest absolute Gasteiger partial charge is 0.147 e. The summed E-state index contributed by atoms with van der Waals surface area (Å²) in [6, 6.07) is 4.62. The van der Waals surface area contributed by atoms with E-state index >= 15 is 0 Å². The Morgan fingerprint density at radius 2 is 1.58 bits per heavy atom. The third kappa shape index (κ3) is 3.63. The van der Waals surface area contributed by atoms with Crippen molar-refractivity contribution in [2.45, 2.75) is 58.9 Å². The number of halogens is 2. The Morgan fingerprint density at radius 3 is 2.23 bits per heavy atom. The number of rotatable bonds is 2. The van der Waals surface area contributed by atoms with Crippen LogP contribution in [0.15, 0.2) is 28.2 Å². The minimum absolute atomic E-state index is 0. The van der Waals surface area contributed by atoms with Gasteiger partial charge in [0.2, 0.25) is 0 Å². The predicted octanol–water partition coefficient (Wildman–Crippen LogP) is 5.62. The van der Waals surface area contributed by atoms with Gasteiger partial charge in [-0.1, -0.05) is 0 Å². The van der Waals surface area contributed by atoms with Gasteiger partial charge in [-0.3, -0.25) is 0 Å². The Kier molecular flexibility index (Phi) is 7.55. The molecule has 2 unspecified atom stereocenters. The molecule has 1 aromatic heterocycles. The molecule has 1 aliphatic heterocycles. The summed E-state index contributed by atoms with van der Waals surface area (Å²) in [4.78, 5) is 3.14. The second-order valence-corrected chi connectivity index (χ2v) is 15.8. The standard InChI is InChI=1S/C25H27S2Si.2ClH.Zr/c1-12-8-9-13(2)20-17(12)10-14(3)21(20)22-15(4)26-18-11-19-24(23(18)22)25(28(6)7)16(5)27-19;;;/h8-10,18,21,28H,1-7H3;2*1H;. The molecular formula is C25H29Cl2S2SiZr. The van der Waals surface area contributed by atoms with Gasteiger partial charge in [0.15, 0.2) is 0 Å². The van der Waals surface area contributed by atoms with Gasteiger partial charge < -0.3 is 0 Å². The molecule has 5 rings (SSSR count). The SMILES string of the molecule is CC1=Cc2c(C)ccc(C)c2C1C1=C(C)SC2[C]([Zr])=c3sc(C)c([SiH](C)C)c3=C12.Cl.Cl. The van der Waals surface area contributed by atoms with Crippen molar-refractivity contribution in [3.63, 3.8) is 0 Å². The van der Waals surface area contributed by atoms with Crippen LogP contribution in [0.4, 0.5) is 0 Å². The number of hydrogen-bond donors (Lipinski definition) is 0. The first-order valence-corrected chi connectivity index (χ1v) is 16.3. The molecule has 0 spiro atoms. The van der Waals surface area contributed by atoms with Gasteiger partial charge in [0.1, 0.15) is 0 Å². The molecule has 2 heterocycles. The topological polar surface area (TPSA) is 0 Å². The normalized spacial score (nSPS) is 21.1. The quantitative estimate of drug-likeness (QED) is 0.414. The number of benzene rings is 1. The summed E-state index contributed by atoms with van der Waals surface area (Å²) >= 11 is 5.82. The van der Waals surface area contributed by atoms with Crippen molar-refractivity contribution in [2.24, 2.45) is 0 Å². The van der Waals surface area contributed by atoms with Crippen LogP contribution in [0.5, 0.6) is 0 Å². The molecule has 0 nitrogen and oxygen atoms in total. The van der Waals surface area contributed by atoms with Crippen LogP contribution in [0.2, 0.25) is 13.1 Å². The molecule has 0 N–H and O–H groups in total. The zero-order valence-corrected chi connectivity index (χ0v) is 26.0. The van der Waals surface area contributed by atoms with E-state index in [0.717, 1.165) is 0 Å². The maximum atomic E-state index is 2.51. The second-order valence-electron chi connectivity index (χ2n) is 9.07. The molecule has 0 fully saturated rings. The van der Waals surface area contributed by atoms with E-state index < -0.39 is 8.80 Å². The first-order chi connectivity index (χ1) is 13.7. The van der Waals surface area contributed by atoms with E-state index in [1.165, 1.54) is 22.3 Å². The van der Waals surface area contributed by atoms with Crippen LogP contribution in [0.3, 0.4) is 0 Å². The number of fused-ring (bicyclic) bond motifs is 3. The molecule has 3 aliphatic rings. The van der Waals surface area contributed by atoms with Crippen LogP contribution in [0.25, 0.3) is 14.9 Å². The van der Waals surface area contributed by atoms with Crippen molar-refractivity contribution in [1.82, 2.24) is 0 Å². The summed E-state index contributed by atoms with van der Waals surface area (Å²) in [5.74, 6) is 0.439. The fourth-order valence-corrected chi connectivity index (χ4v) is 12.2. The van der Waals surface area contributed by atoms with Gasteiger partial charge >= 0.3 is 201 Å². The second kappa shape index (κ2) is 9.08. The smallest absolute Gasteiger partial charge is 0.147 e.